The van der Waals surface area contributed by atoms with E-state index in [2.05, 4.69) is 64.8 Å². The second-order valence-corrected chi connectivity index (χ2v) is 8.87. The van der Waals surface area contributed by atoms with Crippen molar-refractivity contribution >= 4 is 0 Å². The normalized spacial score (nSPS) is 11.8. The van der Waals surface area contributed by atoms with Crippen LogP contribution in [0, 0.1) is 0 Å². The quantitative estimate of drug-likeness (QED) is 0.259. The first kappa shape index (κ1) is 25.7. The molecule has 0 unspecified atom stereocenters. The number of methoxy groups -OCH3 is 2. The molecule has 4 aromatic rings. The molecule has 1 N–H and O–H groups in total. The number of hydrogen-bond acceptors (Lipinski definition) is 7. The Balaban J connectivity index is 1.61. The summed E-state index contributed by atoms with van der Waals surface area (Å²) in [5.41, 5.74) is 4.25. The Morgan fingerprint density at radius 1 is 0.917 bits per heavy atom. The van der Waals surface area contributed by atoms with Crippen LogP contribution in [0.4, 0.5) is 0 Å². The van der Waals surface area contributed by atoms with E-state index >= 15 is 0 Å². The Morgan fingerprint density at radius 3 is 2.28 bits per heavy atom. The zero-order chi connectivity index (χ0) is 25.4. The van der Waals surface area contributed by atoms with Crippen LogP contribution in [0.2, 0.25) is 0 Å². The third-order valence-corrected chi connectivity index (χ3v) is 6.49. The molecule has 0 spiro atoms. The van der Waals surface area contributed by atoms with Gasteiger partial charge in [-0.1, -0.05) is 75.2 Å². The molecule has 190 valence electrons. The lowest BCUT2D eigenvalue weighted by Gasteiger charge is -2.27. The number of tetrazole rings is 1. The molecule has 2 heterocycles. The number of rotatable bonds is 13. The first-order valence-corrected chi connectivity index (χ1v) is 12.6. The van der Waals surface area contributed by atoms with Crippen molar-refractivity contribution in [3.63, 3.8) is 0 Å². The van der Waals surface area contributed by atoms with Gasteiger partial charge < -0.3 is 9.47 Å². The van der Waals surface area contributed by atoms with Gasteiger partial charge in [-0.05, 0) is 40.0 Å². The third-order valence-electron chi connectivity index (χ3n) is 6.49. The number of ether oxygens (including phenoxy) is 2. The van der Waals surface area contributed by atoms with Crippen molar-refractivity contribution in [1.29, 1.82) is 0 Å². The summed E-state index contributed by atoms with van der Waals surface area (Å²) in [6, 6.07) is 16.6. The van der Waals surface area contributed by atoms with Crippen molar-refractivity contribution in [3.05, 3.63) is 65.7 Å². The molecule has 4 rings (SSSR count). The molecule has 0 saturated heterocycles. The lowest BCUT2D eigenvalue weighted by molar-refractivity contribution is -0.226. The number of nitrogens with one attached hydrogen (secondary N) is 1. The number of H-pyrrole nitrogens is 1. The zero-order valence-electron chi connectivity index (χ0n) is 21.6. The first-order chi connectivity index (χ1) is 17.6. The van der Waals surface area contributed by atoms with Crippen molar-refractivity contribution < 1.29 is 9.47 Å². The molecule has 36 heavy (non-hydrogen) atoms. The van der Waals surface area contributed by atoms with Gasteiger partial charge in [0.1, 0.15) is 5.82 Å². The molecule has 2 aromatic heterocycles. The maximum Gasteiger partial charge on any atom is 0.231 e. The molecular weight excluding hydrogens is 454 g/mol. The van der Waals surface area contributed by atoms with E-state index in [1.165, 1.54) is 0 Å². The van der Waals surface area contributed by atoms with Gasteiger partial charge >= 0.3 is 0 Å². The van der Waals surface area contributed by atoms with Gasteiger partial charge in [-0.3, -0.25) is 0 Å². The van der Waals surface area contributed by atoms with Gasteiger partial charge in [0.05, 0.1) is 6.54 Å². The highest BCUT2D eigenvalue weighted by molar-refractivity contribution is 5.80. The molecule has 0 aliphatic heterocycles. The minimum Gasteiger partial charge on any atom is -0.347 e. The number of nitrogens with zero attached hydrogens (tertiary/aromatic N) is 6. The Labute approximate surface area is 212 Å². The SMILES string of the molecule is CCCCc1nc(C(CCCC)(OC)OC)nn1Cc1ccc(-c2ccccc2-c2nnn[nH]2)cc1. The van der Waals surface area contributed by atoms with Crippen molar-refractivity contribution in [2.24, 2.45) is 0 Å². The molecule has 9 heteroatoms. The van der Waals surface area contributed by atoms with E-state index < -0.39 is 5.79 Å². The van der Waals surface area contributed by atoms with Gasteiger partial charge in [0, 0.05) is 32.6 Å². The molecule has 0 bridgehead atoms. The zero-order valence-corrected chi connectivity index (χ0v) is 21.6. The summed E-state index contributed by atoms with van der Waals surface area (Å²) in [7, 11) is 3.33. The summed E-state index contributed by atoms with van der Waals surface area (Å²) in [6.45, 7) is 4.96. The van der Waals surface area contributed by atoms with Crippen molar-refractivity contribution in [2.45, 2.75) is 64.7 Å². The van der Waals surface area contributed by atoms with Crippen LogP contribution < -0.4 is 0 Å². The Morgan fingerprint density at radius 2 is 1.64 bits per heavy atom. The van der Waals surface area contributed by atoms with Gasteiger partial charge in [0.2, 0.25) is 11.6 Å². The largest absolute Gasteiger partial charge is 0.347 e. The minimum atomic E-state index is -0.925. The number of aromatic nitrogens is 7. The van der Waals surface area contributed by atoms with Crippen LogP contribution in [0.15, 0.2) is 48.5 Å². The molecule has 0 amide bonds. The summed E-state index contributed by atoms with van der Waals surface area (Å²) in [6.07, 6.45) is 5.71. The molecule has 0 atom stereocenters. The van der Waals surface area contributed by atoms with Crippen LogP contribution in [0.1, 0.15) is 63.2 Å². The van der Waals surface area contributed by atoms with Crippen LogP contribution >= 0.6 is 0 Å². The molecule has 0 radical (unpaired) electrons. The van der Waals surface area contributed by atoms with E-state index in [0.717, 1.165) is 60.2 Å². The highest BCUT2D eigenvalue weighted by Crippen LogP contribution is 2.31. The summed E-state index contributed by atoms with van der Waals surface area (Å²) >= 11 is 0. The molecule has 0 saturated carbocycles. The third kappa shape index (κ3) is 5.52. The number of unbranched alkanes of at least 4 members (excludes halogenated alkanes) is 2. The van der Waals surface area contributed by atoms with Crippen molar-refractivity contribution in [2.75, 3.05) is 14.2 Å². The highest BCUT2D eigenvalue weighted by Gasteiger charge is 2.37. The number of benzene rings is 2. The molecule has 9 nitrogen and oxygen atoms in total. The fraction of sp³-hybridized carbons (Fsp3) is 0.444. The van der Waals surface area contributed by atoms with Crippen LogP contribution in [0.5, 0.6) is 0 Å². The summed E-state index contributed by atoms with van der Waals surface area (Å²) in [4.78, 5) is 4.90. The maximum atomic E-state index is 5.83. The number of hydrogen-bond donors (Lipinski definition) is 1. The monoisotopic (exact) mass is 489 g/mol. The summed E-state index contributed by atoms with van der Waals surface area (Å²) < 4.78 is 13.6. The fourth-order valence-corrected chi connectivity index (χ4v) is 4.35. The Kier molecular flexibility index (Phi) is 8.56. The number of aromatic amines is 1. The first-order valence-electron chi connectivity index (χ1n) is 12.6. The van der Waals surface area contributed by atoms with Crippen LogP contribution in [0.3, 0.4) is 0 Å². The fourth-order valence-electron chi connectivity index (χ4n) is 4.35. The Bertz CT molecular complexity index is 1220. The molecular formula is C27H35N7O2. The average Bonchev–Trinajstić information content (AvgIpc) is 3.60. The van der Waals surface area contributed by atoms with Gasteiger partial charge in [-0.25, -0.2) is 14.8 Å². The van der Waals surface area contributed by atoms with Crippen LogP contribution in [-0.4, -0.2) is 49.6 Å². The smallest absolute Gasteiger partial charge is 0.231 e. The molecule has 0 fully saturated rings. The second kappa shape index (κ2) is 12.0. The van der Waals surface area contributed by atoms with Crippen molar-refractivity contribution in [3.8, 4) is 22.5 Å². The van der Waals surface area contributed by atoms with Crippen LogP contribution in [-0.2, 0) is 28.2 Å². The Hall–Kier alpha value is -3.43. The minimum absolute atomic E-state index is 0.596. The van der Waals surface area contributed by atoms with Gasteiger partial charge in [0.25, 0.3) is 0 Å². The maximum absolute atomic E-state index is 5.83. The number of aryl methyl sites for hydroxylation is 1. The van der Waals surface area contributed by atoms with Gasteiger partial charge in [-0.15, -0.1) is 10.2 Å². The van der Waals surface area contributed by atoms with Gasteiger partial charge in [0.15, 0.2) is 5.82 Å². The van der Waals surface area contributed by atoms with E-state index in [1.54, 1.807) is 14.2 Å². The predicted octanol–water partition coefficient (Wildman–Crippen LogP) is 5.15. The van der Waals surface area contributed by atoms with E-state index in [0.29, 0.717) is 24.6 Å². The second-order valence-electron chi connectivity index (χ2n) is 8.87. The lowest BCUT2D eigenvalue weighted by atomic mass is 9.98. The molecule has 0 aliphatic carbocycles. The summed E-state index contributed by atoms with van der Waals surface area (Å²) in [5.74, 6) is 1.27. The average molecular weight is 490 g/mol. The van der Waals surface area contributed by atoms with Crippen LogP contribution in [0.25, 0.3) is 22.5 Å². The van der Waals surface area contributed by atoms with Crippen molar-refractivity contribution in [1.82, 2.24) is 35.4 Å². The van der Waals surface area contributed by atoms with E-state index in [4.69, 9.17) is 19.6 Å². The standard InChI is InChI=1S/C27H35N7O2/c1-5-7-13-24-28-26(27(35-3,36-4)18-8-6-2)31-34(24)19-20-14-16-21(17-15-20)22-11-9-10-12-23(22)25-29-32-33-30-25/h9-12,14-17H,5-8,13,18-19H2,1-4H3,(H,29,30,32,33). The highest BCUT2D eigenvalue weighted by atomic mass is 16.7. The van der Waals surface area contributed by atoms with E-state index in [1.807, 2.05) is 22.9 Å². The molecule has 0 aliphatic rings. The summed E-state index contributed by atoms with van der Waals surface area (Å²) in [5, 5.41) is 19.3. The van der Waals surface area contributed by atoms with E-state index in [-0.39, 0.29) is 0 Å². The van der Waals surface area contributed by atoms with Gasteiger partial charge in [-0.2, -0.15) is 0 Å². The van der Waals surface area contributed by atoms with E-state index in [9.17, 15) is 0 Å². The topological polar surface area (TPSA) is 104 Å². The molecule has 2 aromatic carbocycles. The predicted molar refractivity (Wildman–Crippen MR) is 138 cm³/mol. The lowest BCUT2D eigenvalue weighted by Crippen LogP contribution is -2.32.